The molecule has 4 heteroatoms. The summed E-state index contributed by atoms with van der Waals surface area (Å²) in [4.78, 5) is 3.94. The van der Waals surface area contributed by atoms with Crippen molar-refractivity contribution in [2.24, 2.45) is 5.10 Å². The quantitative estimate of drug-likeness (QED) is 0.571. The van der Waals surface area contributed by atoms with Crippen molar-refractivity contribution in [1.82, 2.24) is 4.98 Å². The van der Waals surface area contributed by atoms with E-state index in [4.69, 9.17) is 4.74 Å². The zero-order valence-corrected chi connectivity index (χ0v) is 13.0. The van der Waals surface area contributed by atoms with E-state index in [0.29, 0.717) is 5.88 Å². The molecule has 0 amide bonds. The van der Waals surface area contributed by atoms with Crippen LogP contribution in [0.4, 0.5) is 5.69 Å². The Morgan fingerprint density at radius 2 is 1.43 bits per heavy atom. The summed E-state index contributed by atoms with van der Waals surface area (Å²) >= 11 is 0. The topological polar surface area (TPSA) is 46.5 Å². The van der Waals surface area contributed by atoms with E-state index in [-0.39, 0.29) is 0 Å². The van der Waals surface area contributed by atoms with Crippen LogP contribution in [0.25, 0.3) is 11.1 Å². The van der Waals surface area contributed by atoms with Gasteiger partial charge in [0.05, 0.1) is 19.0 Å². The highest BCUT2D eigenvalue weighted by molar-refractivity contribution is 5.62. The Morgan fingerprint density at radius 3 is 1.83 bits per heavy atom. The summed E-state index contributed by atoms with van der Waals surface area (Å²) in [5.74, 6) is 0.583. The molecule has 0 unspecified atom stereocenters. The number of rotatable bonds is 4. The van der Waals surface area contributed by atoms with E-state index >= 15 is 0 Å². The molecule has 0 fully saturated rings. The first-order chi connectivity index (χ1) is 11.3. The van der Waals surface area contributed by atoms with Crippen LogP contribution >= 0.6 is 0 Å². The van der Waals surface area contributed by atoms with Crippen LogP contribution in [-0.4, -0.2) is 18.8 Å². The minimum atomic E-state index is 0.583. The van der Waals surface area contributed by atoms with Gasteiger partial charge in [-0.15, -0.1) is 0 Å². The highest BCUT2D eigenvalue weighted by Crippen LogP contribution is 2.17. The molecule has 0 atom stereocenters. The van der Waals surface area contributed by atoms with Crippen LogP contribution in [0, 0.1) is 0 Å². The van der Waals surface area contributed by atoms with Crippen molar-refractivity contribution < 1.29 is 4.74 Å². The third kappa shape index (κ3) is 5.28. The van der Waals surface area contributed by atoms with Gasteiger partial charge in [0.15, 0.2) is 0 Å². The standard InChI is InChI=1S/C12H10.C7H9N3O/c1-3-7-11(8-4-1)12-9-5-2-6-10-12;1-8-10-6-3-4-7(11-2)9-5-6/h1-10H;3-5,10H,1H2,2H3. The van der Waals surface area contributed by atoms with Gasteiger partial charge in [-0.3, -0.25) is 5.43 Å². The van der Waals surface area contributed by atoms with Crippen LogP contribution in [0.2, 0.25) is 0 Å². The molecule has 116 valence electrons. The van der Waals surface area contributed by atoms with Crippen LogP contribution in [0.1, 0.15) is 0 Å². The lowest BCUT2D eigenvalue weighted by molar-refractivity contribution is 0.398. The predicted octanol–water partition coefficient (Wildman–Crippen LogP) is 4.47. The summed E-state index contributed by atoms with van der Waals surface area (Å²) in [6.07, 6.45) is 1.62. The lowest BCUT2D eigenvalue weighted by atomic mass is 10.1. The Hall–Kier alpha value is -3.14. The molecular weight excluding hydrogens is 286 g/mol. The van der Waals surface area contributed by atoms with Gasteiger partial charge >= 0.3 is 0 Å². The summed E-state index contributed by atoms with van der Waals surface area (Å²) in [5, 5.41) is 3.48. The van der Waals surface area contributed by atoms with Gasteiger partial charge in [-0.1, -0.05) is 60.7 Å². The highest BCUT2D eigenvalue weighted by Gasteiger charge is 1.92. The molecule has 0 saturated heterocycles. The zero-order chi connectivity index (χ0) is 16.3. The van der Waals surface area contributed by atoms with Gasteiger partial charge < -0.3 is 4.74 Å². The first kappa shape index (κ1) is 16.2. The van der Waals surface area contributed by atoms with E-state index in [1.165, 1.54) is 11.1 Å². The van der Waals surface area contributed by atoms with Crippen molar-refractivity contribution in [3.8, 4) is 17.0 Å². The van der Waals surface area contributed by atoms with E-state index < -0.39 is 0 Å². The Kier molecular flexibility index (Phi) is 6.35. The molecule has 0 aliphatic heterocycles. The molecule has 0 bridgehead atoms. The smallest absolute Gasteiger partial charge is 0.213 e. The molecule has 4 nitrogen and oxygen atoms in total. The number of methoxy groups -OCH3 is 1. The number of hydrogen-bond acceptors (Lipinski definition) is 4. The number of hydrogen-bond donors (Lipinski definition) is 1. The Morgan fingerprint density at radius 1 is 0.870 bits per heavy atom. The molecule has 0 saturated carbocycles. The Labute approximate surface area is 136 Å². The molecule has 1 N–H and O–H groups in total. The number of hydrazone groups is 1. The van der Waals surface area contributed by atoms with Gasteiger partial charge in [0.1, 0.15) is 0 Å². The van der Waals surface area contributed by atoms with E-state index in [1.54, 1.807) is 25.4 Å². The molecule has 2 aromatic carbocycles. The summed E-state index contributed by atoms with van der Waals surface area (Å²) in [7, 11) is 1.57. The fraction of sp³-hybridized carbons (Fsp3) is 0.0526. The molecule has 0 radical (unpaired) electrons. The highest BCUT2D eigenvalue weighted by atomic mass is 16.5. The monoisotopic (exact) mass is 305 g/mol. The van der Waals surface area contributed by atoms with Crippen LogP contribution < -0.4 is 10.2 Å². The van der Waals surface area contributed by atoms with Gasteiger partial charge in [0, 0.05) is 12.8 Å². The number of aromatic nitrogens is 1. The maximum absolute atomic E-state index is 4.86. The van der Waals surface area contributed by atoms with Crippen molar-refractivity contribution in [2.75, 3.05) is 12.5 Å². The molecular formula is C19H19N3O. The number of pyridine rings is 1. The van der Waals surface area contributed by atoms with Crippen LogP contribution in [0.15, 0.2) is 84.1 Å². The van der Waals surface area contributed by atoms with Crippen molar-refractivity contribution in [3.63, 3.8) is 0 Å². The van der Waals surface area contributed by atoms with Crippen molar-refractivity contribution in [3.05, 3.63) is 79.0 Å². The molecule has 1 aromatic heterocycles. The van der Waals surface area contributed by atoms with E-state index in [2.05, 4.69) is 70.8 Å². The first-order valence-corrected chi connectivity index (χ1v) is 7.15. The fourth-order valence-corrected chi connectivity index (χ4v) is 1.92. The Bertz CT molecular complexity index is 660. The van der Waals surface area contributed by atoms with Gasteiger partial charge in [0.25, 0.3) is 0 Å². The second-order valence-electron chi connectivity index (χ2n) is 4.59. The fourth-order valence-electron chi connectivity index (χ4n) is 1.92. The van der Waals surface area contributed by atoms with Crippen molar-refractivity contribution in [1.29, 1.82) is 0 Å². The normalized spacial score (nSPS) is 9.26. The average molecular weight is 305 g/mol. The molecule has 0 aliphatic rings. The summed E-state index contributed by atoms with van der Waals surface area (Å²) in [6, 6.07) is 24.3. The number of nitrogens with one attached hydrogen (secondary N) is 1. The van der Waals surface area contributed by atoms with Crippen molar-refractivity contribution >= 4 is 12.4 Å². The van der Waals surface area contributed by atoms with Crippen LogP contribution in [0.5, 0.6) is 5.88 Å². The number of nitrogens with zero attached hydrogens (tertiary/aromatic N) is 2. The van der Waals surface area contributed by atoms with E-state index in [1.807, 2.05) is 12.1 Å². The van der Waals surface area contributed by atoms with Gasteiger partial charge in [-0.05, 0) is 17.2 Å². The molecule has 3 rings (SSSR count). The lowest BCUT2D eigenvalue weighted by Gasteiger charge is -1.99. The second-order valence-corrected chi connectivity index (χ2v) is 4.59. The molecule has 0 aliphatic carbocycles. The van der Waals surface area contributed by atoms with Gasteiger partial charge in [-0.2, -0.15) is 5.10 Å². The maximum Gasteiger partial charge on any atom is 0.213 e. The average Bonchev–Trinajstić information content (AvgIpc) is 2.65. The SMILES string of the molecule is C=NNc1ccc(OC)nc1.c1ccc(-c2ccccc2)cc1. The first-order valence-electron chi connectivity index (χ1n) is 7.15. The maximum atomic E-state index is 4.86. The van der Waals surface area contributed by atoms with Gasteiger partial charge in [0.2, 0.25) is 5.88 Å². The lowest BCUT2D eigenvalue weighted by Crippen LogP contribution is -1.90. The zero-order valence-electron chi connectivity index (χ0n) is 13.0. The third-order valence-corrected chi connectivity index (χ3v) is 3.03. The molecule has 3 aromatic rings. The second kappa shape index (κ2) is 9.00. The van der Waals surface area contributed by atoms with Crippen LogP contribution in [-0.2, 0) is 0 Å². The van der Waals surface area contributed by atoms with Crippen LogP contribution in [0.3, 0.4) is 0 Å². The van der Waals surface area contributed by atoms with Gasteiger partial charge in [-0.25, -0.2) is 4.98 Å². The molecule has 23 heavy (non-hydrogen) atoms. The molecule has 1 heterocycles. The summed E-state index contributed by atoms with van der Waals surface area (Å²) < 4.78 is 4.86. The summed E-state index contributed by atoms with van der Waals surface area (Å²) in [6.45, 7) is 3.28. The largest absolute Gasteiger partial charge is 0.481 e. The predicted molar refractivity (Wildman–Crippen MR) is 95.8 cm³/mol. The minimum absolute atomic E-state index is 0.583. The third-order valence-electron chi connectivity index (χ3n) is 3.03. The van der Waals surface area contributed by atoms with E-state index in [0.717, 1.165) is 5.69 Å². The van der Waals surface area contributed by atoms with Crippen molar-refractivity contribution in [2.45, 2.75) is 0 Å². The molecule has 0 spiro atoms. The Balaban J connectivity index is 0.000000168. The number of ether oxygens (including phenoxy) is 1. The van der Waals surface area contributed by atoms with E-state index in [9.17, 15) is 0 Å². The number of benzene rings is 2. The summed E-state index contributed by atoms with van der Waals surface area (Å²) in [5.41, 5.74) is 6.00. The number of anilines is 1. The minimum Gasteiger partial charge on any atom is -0.481 e.